The molecule has 1 aromatic heterocycles. The van der Waals surface area contributed by atoms with Gasteiger partial charge >= 0.3 is 6.03 Å². The van der Waals surface area contributed by atoms with Crippen molar-refractivity contribution in [3.63, 3.8) is 0 Å². The van der Waals surface area contributed by atoms with Crippen molar-refractivity contribution in [2.75, 3.05) is 11.9 Å². The summed E-state index contributed by atoms with van der Waals surface area (Å²) < 4.78 is 7.34. The van der Waals surface area contributed by atoms with Gasteiger partial charge in [-0.25, -0.2) is 4.79 Å². The van der Waals surface area contributed by atoms with E-state index in [0.29, 0.717) is 30.3 Å². The van der Waals surface area contributed by atoms with E-state index in [2.05, 4.69) is 35.4 Å². The van der Waals surface area contributed by atoms with Crippen molar-refractivity contribution in [3.8, 4) is 0 Å². The molecule has 0 saturated heterocycles. The number of anilines is 1. The predicted molar refractivity (Wildman–Crippen MR) is 169 cm³/mol. The largest absolute Gasteiger partial charge is 0.374 e. The van der Waals surface area contributed by atoms with Crippen LogP contribution in [0.15, 0.2) is 60.7 Å². The molecule has 1 fully saturated rings. The number of aromatic nitrogens is 2. The molecule has 0 unspecified atom stereocenters. The van der Waals surface area contributed by atoms with Crippen molar-refractivity contribution in [1.29, 1.82) is 0 Å². The van der Waals surface area contributed by atoms with Gasteiger partial charge in [0.2, 0.25) is 11.8 Å². The fraction of sp³-hybridized carbons (Fsp3) is 0.455. The topological polar surface area (TPSA) is 106 Å². The van der Waals surface area contributed by atoms with Gasteiger partial charge < -0.3 is 20.3 Å². The number of hydrogen-bond acceptors (Lipinski definition) is 5. The van der Waals surface area contributed by atoms with E-state index in [-0.39, 0.29) is 35.5 Å². The third kappa shape index (κ3) is 5.78. The number of hydrogen-bond donors (Lipinski definition) is 2. The Labute approximate surface area is 255 Å². The number of amides is 3. The molecule has 1 atom stereocenters. The Morgan fingerprint density at radius 1 is 1.00 bits per heavy atom. The molecule has 2 N–H and O–H groups in total. The number of urea groups is 1. The molecule has 2 aliphatic rings. The Morgan fingerprint density at radius 3 is 2.19 bits per heavy atom. The molecule has 0 radical (unpaired) electrons. The summed E-state index contributed by atoms with van der Waals surface area (Å²) in [5.41, 5.74) is 2.48. The molecule has 3 amide bonds. The second kappa shape index (κ2) is 11.7. The average Bonchev–Trinajstić information content (AvgIpc) is 3.41. The molecule has 9 nitrogen and oxygen atoms in total. The van der Waals surface area contributed by atoms with Crippen LogP contribution < -0.4 is 10.6 Å². The van der Waals surface area contributed by atoms with Crippen LogP contribution in [0.25, 0.3) is 0 Å². The molecule has 43 heavy (non-hydrogen) atoms. The molecular formula is C33H43N5O4Si. The zero-order valence-corrected chi connectivity index (χ0v) is 27.1. The van der Waals surface area contributed by atoms with Crippen LogP contribution in [0.1, 0.15) is 73.3 Å². The quantitative estimate of drug-likeness (QED) is 0.274. The highest BCUT2D eigenvalue weighted by Crippen LogP contribution is 2.56. The fourth-order valence-electron chi connectivity index (χ4n) is 6.33. The summed E-state index contributed by atoms with van der Waals surface area (Å²) in [6, 6.07) is 19.0. The summed E-state index contributed by atoms with van der Waals surface area (Å²) >= 11 is 0. The Balaban J connectivity index is 1.37. The number of nitrogens with one attached hydrogen (secondary N) is 2. The van der Waals surface area contributed by atoms with E-state index < -0.39 is 13.6 Å². The minimum absolute atomic E-state index is 0.0384. The summed E-state index contributed by atoms with van der Waals surface area (Å²) in [6.45, 7) is 12.9. The van der Waals surface area contributed by atoms with Gasteiger partial charge in [-0.15, -0.1) is 0 Å². The Kier molecular flexibility index (Phi) is 8.37. The predicted octanol–water partition coefficient (Wildman–Crippen LogP) is 6.46. The smallest absolute Gasteiger partial charge is 0.319 e. The molecule has 1 aliphatic carbocycles. The molecule has 1 saturated carbocycles. The van der Waals surface area contributed by atoms with Gasteiger partial charge in [0.1, 0.15) is 5.82 Å². The molecule has 5 rings (SSSR count). The molecule has 0 spiro atoms. The lowest BCUT2D eigenvalue weighted by atomic mass is 9.83. The molecule has 228 valence electrons. The first kappa shape index (κ1) is 30.7. The van der Waals surface area contributed by atoms with Crippen molar-refractivity contribution in [2.45, 2.75) is 89.4 Å². The lowest BCUT2D eigenvalue weighted by Gasteiger charge is -2.48. The maximum atomic E-state index is 13.9. The van der Waals surface area contributed by atoms with Gasteiger partial charge in [0.05, 0.1) is 45.1 Å². The Bertz CT molecular complexity index is 1490. The van der Waals surface area contributed by atoms with E-state index in [1.165, 1.54) is 11.6 Å². The van der Waals surface area contributed by atoms with Gasteiger partial charge in [0.25, 0.3) is 0 Å². The molecular weight excluding hydrogens is 558 g/mol. The Morgan fingerprint density at radius 2 is 1.63 bits per heavy atom. The summed E-state index contributed by atoms with van der Waals surface area (Å²) in [5.74, 6) is 0.0570. The number of carbonyl (C=O) groups is 3. The van der Waals surface area contributed by atoms with E-state index in [0.717, 1.165) is 30.4 Å². The average molecular weight is 602 g/mol. The fourth-order valence-corrected chi connectivity index (χ4v) is 8.93. The number of rotatable bonds is 9. The van der Waals surface area contributed by atoms with E-state index in [9.17, 15) is 14.4 Å². The summed E-state index contributed by atoms with van der Waals surface area (Å²) in [6.07, 6.45) is 2.75. The molecule has 2 heterocycles. The van der Waals surface area contributed by atoms with Gasteiger partial charge in [0.15, 0.2) is 0 Å². The lowest BCUT2D eigenvalue weighted by Crippen LogP contribution is -2.52. The van der Waals surface area contributed by atoms with Crippen LogP contribution >= 0.6 is 0 Å². The zero-order valence-electron chi connectivity index (χ0n) is 26.1. The van der Waals surface area contributed by atoms with Crippen LogP contribution in [0.3, 0.4) is 0 Å². The van der Waals surface area contributed by atoms with Crippen LogP contribution in [-0.2, 0) is 28.2 Å². The number of carbonyl (C=O) groups excluding carboxylic acids is 3. The van der Waals surface area contributed by atoms with Gasteiger partial charge in [0, 0.05) is 17.5 Å². The molecule has 3 aromatic rings. The highest BCUT2D eigenvalue weighted by molar-refractivity contribution is 6.83. The molecule has 2 aromatic carbocycles. The number of fused-ring (bicyclic) bond motifs is 1. The minimum atomic E-state index is -1.85. The monoisotopic (exact) mass is 601 g/mol. The second-order valence-electron chi connectivity index (χ2n) is 13.3. The maximum Gasteiger partial charge on any atom is 0.319 e. The summed E-state index contributed by atoms with van der Waals surface area (Å²) in [4.78, 5) is 42.1. The van der Waals surface area contributed by atoms with E-state index in [1.54, 1.807) is 4.90 Å². The standard InChI is InChI=1S/C33H43N5O4Si/c1-23(39)38-29(35-30(40)33(18-13-19-33)43(4,5)6)26-20-37(32(2,3)28(26)36-38)31(41)34-27(25-16-11-8-12-17-25)22-42-21-24-14-9-7-10-15-24/h7-12,14-17,27H,13,18-22H2,1-6H3,(H,34,41)(H,35,40)/t27-/m1/s1. The van der Waals surface area contributed by atoms with Crippen molar-refractivity contribution in [3.05, 3.63) is 83.0 Å². The van der Waals surface area contributed by atoms with E-state index >= 15 is 0 Å². The Hall–Kier alpha value is -3.76. The first-order chi connectivity index (χ1) is 20.3. The lowest BCUT2D eigenvalue weighted by molar-refractivity contribution is -0.121. The normalized spacial score (nSPS) is 17.5. The highest BCUT2D eigenvalue weighted by atomic mass is 28.3. The molecule has 0 bridgehead atoms. The highest BCUT2D eigenvalue weighted by Gasteiger charge is 2.54. The van der Waals surface area contributed by atoms with Crippen LogP contribution in [-0.4, -0.2) is 47.2 Å². The SMILES string of the molecule is CC(=O)n1nc2c(c1NC(=O)C1([Si](C)(C)C)CCC1)CN(C(=O)N[C@H](COCc1ccccc1)c1ccccc1)C2(C)C. The van der Waals surface area contributed by atoms with Gasteiger partial charge in [-0.3, -0.25) is 9.59 Å². The van der Waals surface area contributed by atoms with Crippen LogP contribution in [0.5, 0.6) is 0 Å². The van der Waals surface area contributed by atoms with E-state index in [1.807, 2.05) is 74.5 Å². The number of benzene rings is 2. The van der Waals surface area contributed by atoms with Crippen LogP contribution in [0.2, 0.25) is 24.7 Å². The summed E-state index contributed by atoms with van der Waals surface area (Å²) in [7, 11) is -1.85. The van der Waals surface area contributed by atoms with E-state index in [4.69, 9.17) is 4.74 Å². The van der Waals surface area contributed by atoms with Gasteiger partial charge in [-0.1, -0.05) is 86.7 Å². The third-order valence-corrected chi connectivity index (χ3v) is 12.9. The molecule has 10 heteroatoms. The van der Waals surface area contributed by atoms with Crippen LogP contribution in [0, 0.1) is 0 Å². The first-order valence-corrected chi connectivity index (χ1v) is 18.5. The first-order valence-electron chi connectivity index (χ1n) is 15.0. The zero-order chi connectivity index (χ0) is 31.0. The third-order valence-electron chi connectivity index (χ3n) is 9.30. The number of ether oxygens (including phenoxy) is 1. The van der Waals surface area contributed by atoms with Gasteiger partial charge in [-0.2, -0.15) is 9.78 Å². The summed E-state index contributed by atoms with van der Waals surface area (Å²) in [5, 5.41) is 10.6. The number of nitrogens with zero attached hydrogens (tertiary/aromatic N) is 3. The van der Waals surface area contributed by atoms with Crippen molar-refractivity contribution >= 4 is 31.7 Å². The van der Waals surface area contributed by atoms with Crippen molar-refractivity contribution < 1.29 is 19.1 Å². The van der Waals surface area contributed by atoms with Gasteiger partial charge in [-0.05, 0) is 37.8 Å². The van der Waals surface area contributed by atoms with Crippen molar-refractivity contribution in [2.24, 2.45) is 0 Å². The second-order valence-corrected chi connectivity index (χ2v) is 18.8. The van der Waals surface area contributed by atoms with Crippen molar-refractivity contribution in [1.82, 2.24) is 20.0 Å². The minimum Gasteiger partial charge on any atom is -0.374 e. The van der Waals surface area contributed by atoms with Crippen LogP contribution in [0.4, 0.5) is 10.6 Å². The maximum absolute atomic E-state index is 13.9. The molecule has 1 aliphatic heterocycles.